The summed E-state index contributed by atoms with van der Waals surface area (Å²) in [5.74, 6) is -0.208. The first-order valence-electron chi connectivity index (χ1n) is 6.20. The lowest BCUT2D eigenvalue weighted by molar-refractivity contribution is -0.134. The minimum Gasteiger partial charge on any atom is -0.387 e. The van der Waals surface area contributed by atoms with Crippen LogP contribution in [0.4, 0.5) is 0 Å². The van der Waals surface area contributed by atoms with Gasteiger partial charge >= 0.3 is 0 Å². The molecule has 1 aromatic carbocycles. The van der Waals surface area contributed by atoms with Crippen molar-refractivity contribution in [1.82, 2.24) is 10.6 Å². The first-order valence-corrected chi connectivity index (χ1v) is 6.58. The van der Waals surface area contributed by atoms with E-state index in [1.807, 2.05) is 0 Å². The Morgan fingerprint density at radius 3 is 2.89 bits per heavy atom. The van der Waals surface area contributed by atoms with Gasteiger partial charge in [-0.3, -0.25) is 4.79 Å². The molecule has 1 saturated heterocycles. The van der Waals surface area contributed by atoms with Crippen LogP contribution in [0.2, 0.25) is 5.02 Å². The number of carbonyl (C=O) groups is 1. The number of hydrogen-bond acceptors (Lipinski definition) is 4. The fourth-order valence-electron chi connectivity index (χ4n) is 1.85. The molecule has 1 aromatic rings. The number of carbonyl (C=O) groups excluding carboxylic acids is 1. The van der Waals surface area contributed by atoms with Gasteiger partial charge in [-0.15, -0.1) is 0 Å². The summed E-state index contributed by atoms with van der Waals surface area (Å²) in [5, 5.41) is 16.3. The molecular weight excluding hydrogens is 268 g/mol. The maximum atomic E-state index is 11.8. The van der Waals surface area contributed by atoms with Gasteiger partial charge in [-0.05, 0) is 17.7 Å². The highest BCUT2D eigenvalue weighted by atomic mass is 35.5. The Hall–Kier alpha value is -1.14. The standard InChI is InChI=1S/C13H17ClN2O3/c14-10-3-1-9(2-4-10)11(17)7-16-13(18)12-8-15-5-6-19-12/h1-4,11-12,15,17H,5-8H2,(H,16,18). The van der Waals surface area contributed by atoms with E-state index in [-0.39, 0.29) is 12.5 Å². The van der Waals surface area contributed by atoms with E-state index in [2.05, 4.69) is 10.6 Å². The molecule has 0 saturated carbocycles. The normalized spacial score (nSPS) is 20.8. The van der Waals surface area contributed by atoms with Crippen LogP contribution in [0, 0.1) is 0 Å². The Morgan fingerprint density at radius 1 is 1.53 bits per heavy atom. The Balaban J connectivity index is 1.80. The first-order chi connectivity index (χ1) is 9.16. The predicted molar refractivity (Wildman–Crippen MR) is 72.0 cm³/mol. The topological polar surface area (TPSA) is 70.6 Å². The highest BCUT2D eigenvalue weighted by Gasteiger charge is 2.22. The number of aliphatic hydroxyl groups is 1. The summed E-state index contributed by atoms with van der Waals surface area (Å²) < 4.78 is 5.32. The molecule has 1 aliphatic heterocycles. The molecule has 104 valence electrons. The second-order valence-corrected chi connectivity index (χ2v) is 4.81. The summed E-state index contributed by atoms with van der Waals surface area (Å²) >= 11 is 5.77. The Bertz CT molecular complexity index is 418. The van der Waals surface area contributed by atoms with Crippen molar-refractivity contribution in [3.63, 3.8) is 0 Å². The van der Waals surface area contributed by atoms with Gasteiger partial charge in [-0.2, -0.15) is 0 Å². The molecule has 2 atom stereocenters. The zero-order valence-electron chi connectivity index (χ0n) is 10.4. The van der Waals surface area contributed by atoms with E-state index >= 15 is 0 Å². The van der Waals surface area contributed by atoms with Gasteiger partial charge in [0.2, 0.25) is 0 Å². The van der Waals surface area contributed by atoms with Crippen LogP contribution in [0.3, 0.4) is 0 Å². The number of nitrogens with one attached hydrogen (secondary N) is 2. The summed E-state index contributed by atoms with van der Waals surface area (Å²) in [6.45, 7) is 1.94. The van der Waals surface area contributed by atoms with Crippen LogP contribution >= 0.6 is 11.6 Å². The Kier molecular flexibility index (Phi) is 5.15. The third-order valence-corrected chi connectivity index (χ3v) is 3.20. The molecule has 0 radical (unpaired) electrons. The van der Waals surface area contributed by atoms with Crippen molar-refractivity contribution in [2.24, 2.45) is 0 Å². The molecule has 5 nitrogen and oxygen atoms in total. The molecule has 0 bridgehead atoms. The molecule has 1 aliphatic rings. The number of morpholine rings is 1. The monoisotopic (exact) mass is 284 g/mol. The summed E-state index contributed by atoms with van der Waals surface area (Å²) in [6.07, 6.45) is -1.23. The minimum atomic E-state index is -0.752. The van der Waals surface area contributed by atoms with Crippen molar-refractivity contribution in [2.45, 2.75) is 12.2 Å². The van der Waals surface area contributed by atoms with Gasteiger partial charge in [0.25, 0.3) is 5.91 Å². The third kappa shape index (κ3) is 4.18. The van der Waals surface area contributed by atoms with Gasteiger partial charge in [0, 0.05) is 24.7 Å². The summed E-state index contributed by atoms with van der Waals surface area (Å²) in [5.41, 5.74) is 0.715. The lowest BCUT2D eigenvalue weighted by Gasteiger charge is -2.23. The molecule has 1 amide bonds. The molecule has 2 unspecified atom stereocenters. The molecule has 1 fully saturated rings. The van der Waals surface area contributed by atoms with E-state index in [1.165, 1.54) is 0 Å². The fourth-order valence-corrected chi connectivity index (χ4v) is 1.97. The molecule has 0 aliphatic carbocycles. The molecule has 1 heterocycles. The van der Waals surface area contributed by atoms with Gasteiger partial charge in [0.15, 0.2) is 0 Å². The van der Waals surface area contributed by atoms with Crippen LogP contribution in [0.5, 0.6) is 0 Å². The average Bonchev–Trinajstić information content (AvgIpc) is 2.46. The second-order valence-electron chi connectivity index (χ2n) is 4.38. The van der Waals surface area contributed by atoms with Gasteiger partial charge in [0.1, 0.15) is 6.10 Å². The second kappa shape index (κ2) is 6.86. The smallest absolute Gasteiger partial charge is 0.250 e. The number of rotatable bonds is 4. The van der Waals surface area contributed by atoms with Crippen molar-refractivity contribution in [3.8, 4) is 0 Å². The number of halogens is 1. The number of ether oxygens (including phenoxy) is 1. The van der Waals surface area contributed by atoms with Crippen LogP contribution in [-0.4, -0.2) is 43.4 Å². The third-order valence-electron chi connectivity index (χ3n) is 2.94. The Morgan fingerprint density at radius 2 is 2.26 bits per heavy atom. The largest absolute Gasteiger partial charge is 0.387 e. The molecular formula is C13H17ClN2O3. The maximum Gasteiger partial charge on any atom is 0.250 e. The maximum absolute atomic E-state index is 11.8. The van der Waals surface area contributed by atoms with Crippen LogP contribution in [0.25, 0.3) is 0 Å². The highest BCUT2D eigenvalue weighted by molar-refractivity contribution is 6.30. The van der Waals surface area contributed by atoms with Crippen molar-refractivity contribution in [1.29, 1.82) is 0 Å². The lowest BCUT2D eigenvalue weighted by atomic mass is 10.1. The summed E-state index contributed by atoms with van der Waals surface area (Å²) in [4.78, 5) is 11.8. The predicted octanol–water partition coefficient (Wildman–Crippen LogP) is 0.478. The molecule has 3 N–H and O–H groups in total. The summed E-state index contributed by atoms with van der Waals surface area (Å²) in [6, 6.07) is 6.88. The van der Waals surface area contributed by atoms with Crippen molar-refractivity contribution < 1.29 is 14.6 Å². The number of hydrogen-bond donors (Lipinski definition) is 3. The van der Waals surface area contributed by atoms with Crippen molar-refractivity contribution in [2.75, 3.05) is 26.2 Å². The van der Waals surface area contributed by atoms with Crippen molar-refractivity contribution in [3.05, 3.63) is 34.9 Å². The molecule has 19 heavy (non-hydrogen) atoms. The molecule has 0 spiro atoms. The van der Waals surface area contributed by atoms with Gasteiger partial charge in [-0.25, -0.2) is 0 Å². The average molecular weight is 285 g/mol. The lowest BCUT2D eigenvalue weighted by Crippen LogP contribution is -2.48. The van der Waals surface area contributed by atoms with Crippen molar-refractivity contribution >= 4 is 17.5 Å². The van der Waals surface area contributed by atoms with Crippen LogP contribution in [0.1, 0.15) is 11.7 Å². The van der Waals surface area contributed by atoms with E-state index in [1.54, 1.807) is 24.3 Å². The minimum absolute atomic E-state index is 0.153. The van der Waals surface area contributed by atoms with Crippen LogP contribution < -0.4 is 10.6 Å². The van der Waals surface area contributed by atoms with E-state index in [0.29, 0.717) is 23.7 Å². The molecule has 6 heteroatoms. The highest BCUT2D eigenvalue weighted by Crippen LogP contribution is 2.15. The zero-order valence-corrected chi connectivity index (χ0v) is 11.2. The number of aliphatic hydroxyl groups excluding tert-OH is 1. The zero-order chi connectivity index (χ0) is 13.7. The number of amides is 1. The number of benzene rings is 1. The quantitative estimate of drug-likeness (QED) is 0.752. The first kappa shape index (κ1) is 14.3. The van der Waals surface area contributed by atoms with E-state index < -0.39 is 12.2 Å². The van der Waals surface area contributed by atoms with E-state index in [4.69, 9.17) is 16.3 Å². The SMILES string of the molecule is O=C(NCC(O)c1ccc(Cl)cc1)C1CNCCO1. The van der Waals surface area contributed by atoms with Gasteiger partial charge < -0.3 is 20.5 Å². The fraction of sp³-hybridized carbons (Fsp3) is 0.462. The van der Waals surface area contributed by atoms with Crippen LogP contribution in [0.15, 0.2) is 24.3 Å². The Labute approximate surface area is 116 Å². The van der Waals surface area contributed by atoms with Gasteiger partial charge in [0.05, 0.1) is 12.7 Å². The molecule has 0 aromatic heterocycles. The van der Waals surface area contributed by atoms with E-state index in [9.17, 15) is 9.90 Å². The summed E-state index contributed by atoms with van der Waals surface area (Å²) in [7, 11) is 0. The molecule has 2 rings (SSSR count). The van der Waals surface area contributed by atoms with E-state index in [0.717, 1.165) is 6.54 Å². The van der Waals surface area contributed by atoms with Crippen LogP contribution in [-0.2, 0) is 9.53 Å². The van der Waals surface area contributed by atoms with Gasteiger partial charge in [-0.1, -0.05) is 23.7 Å².